The SMILES string of the molecule is CCOC(=O)CC.NC(=O)CCc1cccc(Oc2ccc(F)cc2)c1. The Balaban J connectivity index is 0.000000412. The highest BCUT2D eigenvalue weighted by molar-refractivity contribution is 5.74. The minimum absolute atomic E-state index is 0.123. The number of ether oxygens (including phenoxy) is 2. The normalized spacial score (nSPS) is 9.65. The van der Waals surface area contributed by atoms with Crippen LogP contribution < -0.4 is 10.5 Å². The Morgan fingerprint density at radius 3 is 2.27 bits per heavy atom. The molecule has 1 amide bonds. The molecule has 0 bridgehead atoms. The van der Waals surface area contributed by atoms with Crippen LogP contribution in [0.15, 0.2) is 48.5 Å². The number of nitrogens with two attached hydrogens (primary N) is 1. The highest BCUT2D eigenvalue weighted by Gasteiger charge is 2.01. The Morgan fingerprint density at radius 2 is 1.73 bits per heavy atom. The van der Waals surface area contributed by atoms with E-state index in [2.05, 4.69) is 4.74 Å². The van der Waals surface area contributed by atoms with E-state index in [-0.39, 0.29) is 17.7 Å². The van der Waals surface area contributed by atoms with E-state index in [1.165, 1.54) is 12.1 Å². The maximum Gasteiger partial charge on any atom is 0.305 e. The number of carbonyl (C=O) groups is 2. The van der Waals surface area contributed by atoms with Crippen molar-refractivity contribution in [2.45, 2.75) is 33.1 Å². The molecule has 0 heterocycles. The molecule has 0 saturated carbocycles. The molecule has 2 N–H and O–H groups in total. The van der Waals surface area contributed by atoms with Gasteiger partial charge in [-0.1, -0.05) is 19.1 Å². The minimum atomic E-state index is -0.329. The summed E-state index contributed by atoms with van der Waals surface area (Å²) in [5, 5.41) is 0. The molecule has 0 saturated heterocycles. The predicted octanol–water partition coefficient (Wildman–Crippen LogP) is 4.00. The van der Waals surface area contributed by atoms with Gasteiger partial charge in [-0.05, 0) is 55.3 Å². The number of hydrogen-bond donors (Lipinski definition) is 1. The number of amides is 1. The van der Waals surface area contributed by atoms with Crippen LogP contribution in [0.1, 0.15) is 32.3 Å². The first-order chi connectivity index (χ1) is 12.4. The van der Waals surface area contributed by atoms with Crippen LogP contribution in [0.2, 0.25) is 0 Å². The first-order valence-electron chi connectivity index (χ1n) is 8.40. The molecule has 0 aliphatic rings. The van der Waals surface area contributed by atoms with Crippen molar-refractivity contribution >= 4 is 11.9 Å². The summed E-state index contributed by atoms with van der Waals surface area (Å²) in [7, 11) is 0. The maximum atomic E-state index is 12.8. The Hall–Kier alpha value is -2.89. The fourth-order valence-corrected chi connectivity index (χ4v) is 1.93. The van der Waals surface area contributed by atoms with Crippen molar-refractivity contribution in [1.29, 1.82) is 0 Å². The molecule has 0 aliphatic heterocycles. The summed E-state index contributed by atoms with van der Waals surface area (Å²) in [5.74, 6) is 0.456. The van der Waals surface area contributed by atoms with E-state index in [0.29, 0.717) is 37.4 Å². The molecule has 0 atom stereocenters. The Labute approximate surface area is 152 Å². The van der Waals surface area contributed by atoms with Crippen LogP contribution in [0.5, 0.6) is 11.5 Å². The molecular formula is C20H24FNO4. The zero-order valence-corrected chi connectivity index (χ0v) is 15.0. The molecule has 2 aromatic carbocycles. The second-order valence-corrected chi connectivity index (χ2v) is 5.33. The van der Waals surface area contributed by atoms with Crippen LogP contribution in [0.4, 0.5) is 4.39 Å². The molecule has 0 unspecified atom stereocenters. The van der Waals surface area contributed by atoms with Crippen LogP contribution in [0.25, 0.3) is 0 Å². The highest BCUT2D eigenvalue weighted by Crippen LogP contribution is 2.22. The lowest BCUT2D eigenvalue weighted by Crippen LogP contribution is -2.11. The van der Waals surface area contributed by atoms with Crippen molar-refractivity contribution in [3.8, 4) is 11.5 Å². The molecule has 26 heavy (non-hydrogen) atoms. The van der Waals surface area contributed by atoms with Gasteiger partial charge in [0, 0.05) is 12.8 Å². The third-order valence-electron chi connectivity index (χ3n) is 3.20. The minimum Gasteiger partial charge on any atom is -0.466 e. The van der Waals surface area contributed by atoms with Gasteiger partial charge in [0.2, 0.25) is 5.91 Å². The summed E-state index contributed by atoms with van der Waals surface area (Å²) in [6.45, 7) is 4.07. The summed E-state index contributed by atoms with van der Waals surface area (Å²) in [5.41, 5.74) is 6.08. The molecule has 2 aromatic rings. The van der Waals surface area contributed by atoms with Gasteiger partial charge in [-0.3, -0.25) is 9.59 Å². The van der Waals surface area contributed by atoms with E-state index >= 15 is 0 Å². The number of hydrogen-bond acceptors (Lipinski definition) is 4. The van der Waals surface area contributed by atoms with E-state index in [1.54, 1.807) is 32.0 Å². The van der Waals surface area contributed by atoms with E-state index in [4.69, 9.17) is 10.5 Å². The van der Waals surface area contributed by atoms with Gasteiger partial charge in [-0.25, -0.2) is 4.39 Å². The first-order valence-corrected chi connectivity index (χ1v) is 8.40. The van der Waals surface area contributed by atoms with Crippen molar-refractivity contribution in [3.05, 3.63) is 59.9 Å². The molecule has 0 aromatic heterocycles. The topological polar surface area (TPSA) is 78.6 Å². The third kappa shape index (κ3) is 8.82. The Morgan fingerprint density at radius 1 is 1.04 bits per heavy atom. The molecule has 0 aliphatic carbocycles. The van der Waals surface area contributed by atoms with Gasteiger partial charge in [0.1, 0.15) is 17.3 Å². The Kier molecular flexibility index (Phi) is 9.46. The van der Waals surface area contributed by atoms with Crippen molar-refractivity contribution in [2.24, 2.45) is 5.73 Å². The smallest absolute Gasteiger partial charge is 0.305 e. The lowest BCUT2D eigenvalue weighted by Gasteiger charge is -2.07. The standard InChI is InChI=1S/C15H14FNO2.C5H10O2/c16-12-5-7-13(8-6-12)19-14-3-1-2-11(10-14)4-9-15(17)18;1-3-5(6)7-4-2/h1-3,5-8,10H,4,9H2,(H2,17,18);3-4H2,1-2H3. The molecule has 0 spiro atoms. The molecular weight excluding hydrogens is 337 g/mol. The largest absolute Gasteiger partial charge is 0.466 e. The van der Waals surface area contributed by atoms with Crippen molar-refractivity contribution in [1.82, 2.24) is 0 Å². The van der Waals surface area contributed by atoms with Gasteiger partial charge >= 0.3 is 5.97 Å². The van der Waals surface area contributed by atoms with Crippen LogP contribution in [-0.2, 0) is 20.7 Å². The quantitative estimate of drug-likeness (QED) is 0.756. The van der Waals surface area contributed by atoms with E-state index in [1.807, 2.05) is 18.2 Å². The van der Waals surface area contributed by atoms with Crippen molar-refractivity contribution in [2.75, 3.05) is 6.61 Å². The summed E-state index contributed by atoms with van der Waals surface area (Å²) in [6.07, 6.45) is 1.36. The van der Waals surface area contributed by atoms with Gasteiger partial charge < -0.3 is 15.2 Å². The number of primary amides is 1. The van der Waals surface area contributed by atoms with Crippen LogP contribution >= 0.6 is 0 Å². The van der Waals surface area contributed by atoms with Crippen molar-refractivity contribution in [3.63, 3.8) is 0 Å². The zero-order valence-electron chi connectivity index (χ0n) is 15.0. The third-order valence-corrected chi connectivity index (χ3v) is 3.20. The number of halogens is 1. The van der Waals surface area contributed by atoms with E-state index in [0.717, 1.165) is 5.56 Å². The summed E-state index contributed by atoms with van der Waals surface area (Å²) < 4.78 is 22.9. The van der Waals surface area contributed by atoms with Crippen molar-refractivity contribution < 1.29 is 23.5 Å². The van der Waals surface area contributed by atoms with Gasteiger partial charge in [-0.2, -0.15) is 0 Å². The number of carbonyl (C=O) groups excluding carboxylic acids is 2. The first kappa shape index (κ1) is 21.2. The van der Waals surface area contributed by atoms with E-state index < -0.39 is 0 Å². The summed E-state index contributed by atoms with van der Waals surface area (Å²) in [4.78, 5) is 20.9. The van der Waals surface area contributed by atoms with Crippen LogP contribution in [-0.4, -0.2) is 18.5 Å². The number of benzene rings is 2. The van der Waals surface area contributed by atoms with Gasteiger partial charge in [-0.15, -0.1) is 0 Å². The molecule has 6 heteroatoms. The number of aryl methyl sites for hydroxylation is 1. The van der Waals surface area contributed by atoms with Gasteiger partial charge in [0.15, 0.2) is 0 Å². The van der Waals surface area contributed by atoms with Crippen LogP contribution in [0.3, 0.4) is 0 Å². The number of esters is 1. The molecule has 5 nitrogen and oxygen atoms in total. The fourth-order valence-electron chi connectivity index (χ4n) is 1.93. The second-order valence-electron chi connectivity index (χ2n) is 5.33. The van der Waals surface area contributed by atoms with Gasteiger partial charge in [0.25, 0.3) is 0 Å². The van der Waals surface area contributed by atoms with Crippen LogP contribution in [0, 0.1) is 5.82 Å². The summed E-state index contributed by atoms with van der Waals surface area (Å²) >= 11 is 0. The molecule has 140 valence electrons. The average Bonchev–Trinajstić information content (AvgIpc) is 2.63. The lowest BCUT2D eigenvalue weighted by molar-refractivity contribution is -0.142. The predicted molar refractivity (Wildman–Crippen MR) is 97.4 cm³/mol. The van der Waals surface area contributed by atoms with E-state index in [9.17, 15) is 14.0 Å². The highest BCUT2D eigenvalue weighted by atomic mass is 19.1. The lowest BCUT2D eigenvalue weighted by atomic mass is 10.1. The molecule has 0 fully saturated rings. The monoisotopic (exact) mass is 361 g/mol. The Bertz CT molecular complexity index is 701. The molecule has 0 radical (unpaired) electrons. The summed E-state index contributed by atoms with van der Waals surface area (Å²) in [6, 6.07) is 13.2. The average molecular weight is 361 g/mol. The maximum absolute atomic E-state index is 12.8. The fraction of sp³-hybridized carbons (Fsp3) is 0.300. The van der Waals surface area contributed by atoms with Gasteiger partial charge in [0.05, 0.1) is 6.61 Å². The second kappa shape index (κ2) is 11.6. The zero-order chi connectivity index (χ0) is 19.4. The molecule has 2 rings (SSSR count). The number of rotatable bonds is 7.